The summed E-state index contributed by atoms with van der Waals surface area (Å²) in [6, 6.07) is 0.194. The van der Waals surface area contributed by atoms with E-state index in [0.717, 1.165) is 22.6 Å². The minimum absolute atomic E-state index is 0.194. The molecule has 2 aromatic heterocycles. The van der Waals surface area contributed by atoms with Crippen LogP contribution in [0.15, 0.2) is 17.7 Å². The third kappa shape index (κ3) is 2.34. The molecule has 0 radical (unpaired) electrons. The van der Waals surface area contributed by atoms with E-state index in [1.165, 1.54) is 12.8 Å². The molecule has 2 unspecified atom stereocenters. The molecule has 19 heavy (non-hydrogen) atoms. The van der Waals surface area contributed by atoms with Gasteiger partial charge in [0.2, 0.25) is 0 Å². The number of hydrogen-bond donors (Lipinski definition) is 2. The highest BCUT2D eigenvalue weighted by atomic mass is 32.2. The molecule has 0 aromatic carbocycles. The molecular formula is C13H19N5S. The van der Waals surface area contributed by atoms with Crippen LogP contribution in [-0.4, -0.2) is 31.2 Å². The highest BCUT2D eigenvalue weighted by molar-refractivity contribution is 8.00. The minimum atomic E-state index is 0.194. The molecule has 2 aromatic rings. The number of imidazole rings is 1. The van der Waals surface area contributed by atoms with Crippen LogP contribution in [0.2, 0.25) is 0 Å². The summed E-state index contributed by atoms with van der Waals surface area (Å²) in [5, 5.41) is 1.37. The zero-order valence-corrected chi connectivity index (χ0v) is 12.1. The molecule has 2 atom stereocenters. The van der Waals surface area contributed by atoms with Gasteiger partial charge in [-0.2, -0.15) is 0 Å². The van der Waals surface area contributed by atoms with Crippen LogP contribution in [0, 0.1) is 5.41 Å². The van der Waals surface area contributed by atoms with Crippen LogP contribution < -0.4 is 5.73 Å². The van der Waals surface area contributed by atoms with Crippen LogP contribution in [0.5, 0.6) is 0 Å². The van der Waals surface area contributed by atoms with Crippen molar-refractivity contribution in [2.45, 2.75) is 49.4 Å². The Morgan fingerprint density at radius 2 is 2.21 bits per heavy atom. The first-order valence-corrected chi connectivity index (χ1v) is 7.52. The van der Waals surface area contributed by atoms with Gasteiger partial charge in [-0.15, -0.1) is 0 Å². The molecule has 6 heteroatoms. The van der Waals surface area contributed by atoms with Gasteiger partial charge >= 0.3 is 0 Å². The van der Waals surface area contributed by atoms with Gasteiger partial charge in [0.1, 0.15) is 16.9 Å². The van der Waals surface area contributed by atoms with Crippen molar-refractivity contribution in [3.05, 3.63) is 12.7 Å². The molecule has 1 aliphatic rings. The van der Waals surface area contributed by atoms with Crippen molar-refractivity contribution in [1.82, 2.24) is 19.9 Å². The van der Waals surface area contributed by atoms with Crippen LogP contribution in [0.3, 0.4) is 0 Å². The van der Waals surface area contributed by atoms with Crippen molar-refractivity contribution in [3.8, 4) is 0 Å². The first-order valence-electron chi connectivity index (χ1n) is 6.64. The van der Waals surface area contributed by atoms with Gasteiger partial charge in [-0.05, 0) is 18.3 Å². The lowest BCUT2D eigenvalue weighted by Crippen LogP contribution is -2.48. The van der Waals surface area contributed by atoms with Gasteiger partial charge in [0.25, 0.3) is 0 Å². The average molecular weight is 277 g/mol. The Bertz CT molecular complexity index is 579. The van der Waals surface area contributed by atoms with E-state index >= 15 is 0 Å². The van der Waals surface area contributed by atoms with Gasteiger partial charge in [-0.3, -0.25) is 0 Å². The Morgan fingerprint density at radius 3 is 3.05 bits per heavy atom. The quantitative estimate of drug-likeness (QED) is 0.824. The third-order valence-electron chi connectivity index (χ3n) is 4.06. The minimum Gasteiger partial charge on any atom is -0.341 e. The second-order valence-corrected chi connectivity index (χ2v) is 7.07. The molecule has 2 heterocycles. The standard InChI is InChI=1S/C13H19N5S/c1-13(2)5-3-4-8(10(13)14)19-12-9-11(16-6-15-9)17-7-18-12/h6-8,10H,3-5,14H2,1-2H3,(H,15,16,17,18). The molecule has 5 nitrogen and oxygen atoms in total. The van der Waals surface area contributed by atoms with E-state index in [4.69, 9.17) is 5.73 Å². The molecular weight excluding hydrogens is 258 g/mol. The summed E-state index contributed by atoms with van der Waals surface area (Å²) in [4.78, 5) is 15.8. The lowest BCUT2D eigenvalue weighted by molar-refractivity contribution is 0.208. The van der Waals surface area contributed by atoms with Crippen LogP contribution >= 0.6 is 11.8 Å². The van der Waals surface area contributed by atoms with E-state index in [1.807, 2.05) is 0 Å². The summed E-state index contributed by atoms with van der Waals surface area (Å²) in [6.07, 6.45) is 6.82. The number of thioether (sulfide) groups is 1. The average Bonchev–Trinajstić information content (AvgIpc) is 2.84. The predicted octanol–water partition coefficient (Wildman–Crippen LogP) is 2.35. The SMILES string of the molecule is CC1(C)CCCC(Sc2ncnc3nc[nH]c23)C1N. The summed E-state index contributed by atoms with van der Waals surface area (Å²) in [5.74, 6) is 0. The second-order valence-electron chi connectivity index (χ2n) is 5.84. The first-order chi connectivity index (χ1) is 9.08. The summed E-state index contributed by atoms with van der Waals surface area (Å²) >= 11 is 1.76. The fourth-order valence-electron chi connectivity index (χ4n) is 2.72. The number of nitrogens with two attached hydrogens (primary N) is 1. The second kappa shape index (κ2) is 4.76. The summed E-state index contributed by atoms with van der Waals surface area (Å²) in [6.45, 7) is 4.52. The van der Waals surface area contributed by atoms with Crippen LogP contribution in [0.25, 0.3) is 11.2 Å². The van der Waals surface area contributed by atoms with Gasteiger partial charge in [-0.1, -0.05) is 32.0 Å². The van der Waals surface area contributed by atoms with Gasteiger partial charge in [-0.25, -0.2) is 15.0 Å². The summed E-state index contributed by atoms with van der Waals surface area (Å²) in [7, 11) is 0. The molecule has 0 saturated heterocycles. The Hall–Kier alpha value is -1.14. The van der Waals surface area contributed by atoms with Crippen molar-refractivity contribution >= 4 is 22.9 Å². The maximum Gasteiger partial charge on any atom is 0.181 e. The Kier molecular flexibility index (Phi) is 3.22. The van der Waals surface area contributed by atoms with Crippen molar-refractivity contribution in [2.24, 2.45) is 11.1 Å². The van der Waals surface area contributed by atoms with E-state index in [0.29, 0.717) is 5.25 Å². The Balaban J connectivity index is 1.86. The van der Waals surface area contributed by atoms with Crippen molar-refractivity contribution in [2.75, 3.05) is 0 Å². The fourth-order valence-corrected chi connectivity index (χ4v) is 4.18. The number of H-pyrrole nitrogens is 1. The number of nitrogens with one attached hydrogen (secondary N) is 1. The van der Waals surface area contributed by atoms with Gasteiger partial charge in [0.05, 0.1) is 6.33 Å². The molecule has 3 rings (SSSR count). The Morgan fingerprint density at radius 1 is 1.37 bits per heavy atom. The smallest absolute Gasteiger partial charge is 0.181 e. The first kappa shape index (κ1) is 12.9. The van der Waals surface area contributed by atoms with Gasteiger partial charge in [0.15, 0.2) is 5.65 Å². The van der Waals surface area contributed by atoms with Crippen LogP contribution in [0.1, 0.15) is 33.1 Å². The molecule has 0 aliphatic heterocycles. The highest BCUT2D eigenvalue weighted by Gasteiger charge is 2.37. The maximum atomic E-state index is 6.43. The lowest BCUT2D eigenvalue weighted by Gasteiger charge is -2.41. The number of rotatable bonds is 2. The third-order valence-corrected chi connectivity index (χ3v) is 5.43. The molecule has 0 amide bonds. The predicted molar refractivity (Wildman–Crippen MR) is 76.9 cm³/mol. The monoisotopic (exact) mass is 277 g/mol. The van der Waals surface area contributed by atoms with Crippen LogP contribution in [-0.2, 0) is 0 Å². The van der Waals surface area contributed by atoms with Crippen LogP contribution in [0.4, 0.5) is 0 Å². The van der Waals surface area contributed by atoms with Gasteiger partial charge in [0, 0.05) is 11.3 Å². The Labute approximate surface area is 116 Å². The molecule has 1 fully saturated rings. The van der Waals surface area contributed by atoms with E-state index in [-0.39, 0.29) is 11.5 Å². The maximum absolute atomic E-state index is 6.43. The molecule has 0 bridgehead atoms. The van der Waals surface area contributed by atoms with Crippen molar-refractivity contribution in [1.29, 1.82) is 0 Å². The molecule has 102 valence electrons. The summed E-state index contributed by atoms with van der Waals surface area (Å²) < 4.78 is 0. The summed E-state index contributed by atoms with van der Waals surface area (Å²) in [5.41, 5.74) is 8.28. The van der Waals surface area contributed by atoms with Gasteiger partial charge < -0.3 is 10.7 Å². The number of nitrogens with zero attached hydrogens (tertiary/aromatic N) is 3. The van der Waals surface area contributed by atoms with E-state index in [1.54, 1.807) is 24.4 Å². The number of aromatic amines is 1. The molecule has 3 N–H and O–H groups in total. The highest BCUT2D eigenvalue weighted by Crippen LogP contribution is 2.42. The number of hydrogen-bond acceptors (Lipinski definition) is 5. The zero-order valence-electron chi connectivity index (χ0n) is 11.3. The fraction of sp³-hybridized carbons (Fsp3) is 0.615. The number of aromatic nitrogens is 4. The lowest BCUT2D eigenvalue weighted by atomic mass is 9.73. The zero-order chi connectivity index (χ0) is 13.5. The largest absolute Gasteiger partial charge is 0.341 e. The molecule has 0 spiro atoms. The van der Waals surface area contributed by atoms with E-state index < -0.39 is 0 Å². The molecule has 1 saturated carbocycles. The number of fused-ring (bicyclic) bond motifs is 1. The van der Waals surface area contributed by atoms with E-state index in [9.17, 15) is 0 Å². The van der Waals surface area contributed by atoms with Crippen molar-refractivity contribution < 1.29 is 0 Å². The van der Waals surface area contributed by atoms with Crippen molar-refractivity contribution in [3.63, 3.8) is 0 Å². The van der Waals surface area contributed by atoms with E-state index in [2.05, 4.69) is 33.8 Å². The normalized spacial score (nSPS) is 26.7. The topological polar surface area (TPSA) is 80.5 Å². The molecule has 1 aliphatic carbocycles.